The Hall–Kier alpha value is -1.61. The summed E-state index contributed by atoms with van der Waals surface area (Å²) >= 11 is 0. The first-order chi connectivity index (χ1) is 8.60. The number of rotatable bonds is 4. The van der Waals surface area contributed by atoms with Gasteiger partial charge < -0.3 is 10.2 Å². The number of aromatic nitrogens is 1. The number of hydrogen-bond donors (Lipinski definition) is 1. The summed E-state index contributed by atoms with van der Waals surface area (Å²) in [5, 5.41) is 0. The van der Waals surface area contributed by atoms with Gasteiger partial charge in [0.25, 0.3) is 0 Å². The van der Waals surface area contributed by atoms with Crippen molar-refractivity contribution in [2.45, 2.75) is 39.7 Å². The molecule has 0 bridgehead atoms. The molecular formula is C15H20N2O. The number of furan rings is 1. The number of pyridine rings is 1. The van der Waals surface area contributed by atoms with Crippen molar-refractivity contribution in [2.24, 2.45) is 5.73 Å². The highest BCUT2D eigenvalue weighted by Crippen LogP contribution is 2.22. The fraction of sp³-hybridized carbons (Fsp3) is 0.400. The molecule has 2 aromatic rings. The largest absolute Gasteiger partial charge is 0.466 e. The van der Waals surface area contributed by atoms with Crippen molar-refractivity contribution in [1.29, 1.82) is 0 Å². The second kappa shape index (κ2) is 5.36. The monoisotopic (exact) mass is 244 g/mol. The minimum atomic E-state index is -0.0533. The number of hydrogen-bond acceptors (Lipinski definition) is 3. The van der Waals surface area contributed by atoms with Crippen LogP contribution in [0.2, 0.25) is 0 Å². The Labute approximate surface area is 108 Å². The summed E-state index contributed by atoms with van der Waals surface area (Å²) in [5.41, 5.74) is 9.57. The molecule has 0 aliphatic carbocycles. The van der Waals surface area contributed by atoms with E-state index in [-0.39, 0.29) is 6.04 Å². The Morgan fingerprint density at radius 1 is 1.33 bits per heavy atom. The topological polar surface area (TPSA) is 52.0 Å². The summed E-state index contributed by atoms with van der Waals surface area (Å²) in [6, 6.07) is 6.13. The van der Waals surface area contributed by atoms with Crippen LogP contribution in [0.15, 0.2) is 28.8 Å². The van der Waals surface area contributed by atoms with E-state index in [0.29, 0.717) is 0 Å². The lowest BCUT2D eigenvalue weighted by Gasteiger charge is -2.10. The van der Waals surface area contributed by atoms with E-state index in [4.69, 9.17) is 10.2 Å². The first kappa shape index (κ1) is 12.8. The normalized spacial score (nSPS) is 12.7. The molecular weight excluding hydrogens is 224 g/mol. The second-order valence-electron chi connectivity index (χ2n) is 4.69. The van der Waals surface area contributed by atoms with E-state index in [1.54, 1.807) is 0 Å². The molecule has 2 N–H and O–H groups in total. The molecule has 1 atom stereocenters. The van der Waals surface area contributed by atoms with Crippen LogP contribution in [0.3, 0.4) is 0 Å². The number of nitrogens with two attached hydrogens (primary N) is 1. The SMILES string of the molecule is CCc1ccc(CC(N)c2cc(C)oc2C)nc1. The maximum Gasteiger partial charge on any atom is 0.105 e. The van der Waals surface area contributed by atoms with Gasteiger partial charge in [-0.15, -0.1) is 0 Å². The number of aryl methyl sites for hydroxylation is 3. The first-order valence-electron chi connectivity index (χ1n) is 6.36. The van der Waals surface area contributed by atoms with Crippen LogP contribution in [0.1, 0.15) is 41.3 Å². The molecule has 0 radical (unpaired) electrons. The van der Waals surface area contributed by atoms with Gasteiger partial charge >= 0.3 is 0 Å². The lowest BCUT2D eigenvalue weighted by molar-refractivity contribution is 0.497. The predicted molar refractivity (Wildman–Crippen MR) is 72.4 cm³/mol. The van der Waals surface area contributed by atoms with Crippen LogP contribution >= 0.6 is 0 Å². The molecule has 0 saturated heterocycles. The van der Waals surface area contributed by atoms with E-state index < -0.39 is 0 Å². The first-order valence-corrected chi connectivity index (χ1v) is 6.36. The second-order valence-corrected chi connectivity index (χ2v) is 4.69. The van der Waals surface area contributed by atoms with Crippen molar-refractivity contribution in [1.82, 2.24) is 4.98 Å². The quantitative estimate of drug-likeness (QED) is 0.899. The Bertz CT molecular complexity index is 514. The summed E-state index contributed by atoms with van der Waals surface area (Å²) in [4.78, 5) is 4.44. The smallest absolute Gasteiger partial charge is 0.105 e. The molecule has 0 aliphatic rings. The van der Waals surface area contributed by atoms with E-state index in [1.165, 1.54) is 5.56 Å². The van der Waals surface area contributed by atoms with Crippen molar-refractivity contribution in [3.8, 4) is 0 Å². The molecule has 2 rings (SSSR count). The van der Waals surface area contributed by atoms with Crippen LogP contribution in [0.4, 0.5) is 0 Å². The average Bonchev–Trinajstić information content (AvgIpc) is 2.69. The van der Waals surface area contributed by atoms with Crippen LogP contribution in [0.25, 0.3) is 0 Å². The van der Waals surface area contributed by atoms with Crippen molar-refractivity contribution < 1.29 is 4.42 Å². The molecule has 0 amide bonds. The summed E-state index contributed by atoms with van der Waals surface area (Å²) in [6.07, 6.45) is 3.68. The van der Waals surface area contributed by atoms with Crippen LogP contribution < -0.4 is 5.73 Å². The van der Waals surface area contributed by atoms with Gasteiger partial charge in [-0.05, 0) is 38.0 Å². The average molecular weight is 244 g/mol. The van der Waals surface area contributed by atoms with E-state index in [2.05, 4.69) is 24.0 Å². The lowest BCUT2D eigenvalue weighted by atomic mass is 10.0. The van der Waals surface area contributed by atoms with Crippen molar-refractivity contribution >= 4 is 0 Å². The highest BCUT2D eigenvalue weighted by molar-refractivity contribution is 5.25. The predicted octanol–water partition coefficient (Wildman–Crippen LogP) is 3.10. The maximum absolute atomic E-state index is 6.21. The third-order valence-corrected chi connectivity index (χ3v) is 3.20. The van der Waals surface area contributed by atoms with Gasteiger partial charge in [0.2, 0.25) is 0 Å². The van der Waals surface area contributed by atoms with Gasteiger partial charge in [0.1, 0.15) is 11.5 Å². The van der Waals surface area contributed by atoms with Crippen molar-refractivity contribution in [2.75, 3.05) is 0 Å². The standard InChI is InChI=1S/C15H20N2O/c1-4-12-5-6-13(17-9-12)8-15(16)14-7-10(2)18-11(14)3/h5-7,9,15H,4,8,16H2,1-3H3. The van der Waals surface area contributed by atoms with Gasteiger partial charge in [-0.3, -0.25) is 4.98 Å². The lowest BCUT2D eigenvalue weighted by Crippen LogP contribution is -2.14. The van der Waals surface area contributed by atoms with Crippen LogP contribution in [0.5, 0.6) is 0 Å². The highest BCUT2D eigenvalue weighted by Gasteiger charge is 2.14. The number of nitrogens with zero attached hydrogens (tertiary/aromatic N) is 1. The molecule has 18 heavy (non-hydrogen) atoms. The molecule has 0 aromatic carbocycles. The fourth-order valence-corrected chi connectivity index (χ4v) is 2.14. The molecule has 0 aliphatic heterocycles. The Kier molecular flexibility index (Phi) is 3.82. The van der Waals surface area contributed by atoms with Gasteiger partial charge in [-0.1, -0.05) is 13.0 Å². The molecule has 3 heteroatoms. The minimum absolute atomic E-state index is 0.0533. The van der Waals surface area contributed by atoms with E-state index in [9.17, 15) is 0 Å². The summed E-state index contributed by atoms with van der Waals surface area (Å²) in [7, 11) is 0. The summed E-state index contributed by atoms with van der Waals surface area (Å²) < 4.78 is 5.51. The molecule has 96 valence electrons. The van der Waals surface area contributed by atoms with Gasteiger partial charge in [0.15, 0.2) is 0 Å². The van der Waals surface area contributed by atoms with Gasteiger partial charge in [0.05, 0.1) is 0 Å². The van der Waals surface area contributed by atoms with Gasteiger partial charge in [-0.25, -0.2) is 0 Å². The minimum Gasteiger partial charge on any atom is -0.466 e. The molecule has 3 nitrogen and oxygen atoms in total. The van der Waals surface area contributed by atoms with E-state index in [0.717, 1.165) is 35.6 Å². The highest BCUT2D eigenvalue weighted by atomic mass is 16.3. The van der Waals surface area contributed by atoms with E-state index in [1.807, 2.05) is 26.1 Å². The third-order valence-electron chi connectivity index (χ3n) is 3.20. The Balaban J connectivity index is 2.10. The van der Waals surface area contributed by atoms with Crippen molar-refractivity contribution in [3.05, 3.63) is 52.7 Å². The molecule has 1 unspecified atom stereocenters. The fourth-order valence-electron chi connectivity index (χ4n) is 2.14. The van der Waals surface area contributed by atoms with E-state index >= 15 is 0 Å². The van der Waals surface area contributed by atoms with Gasteiger partial charge in [0, 0.05) is 29.9 Å². The third kappa shape index (κ3) is 2.79. The van der Waals surface area contributed by atoms with Crippen molar-refractivity contribution in [3.63, 3.8) is 0 Å². The Morgan fingerprint density at radius 2 is 2.11 bits per heavy atom. The van der Waals surface area contributed by atoms with Gasteiger partial charge in [-0.2, -0.15) is 0 Å². The summed E-state index contributed by atoms with van der Waals surface area (Å²) in [6.45, 7) is 6.02. The zero-order chi connectivity index (χ0) is 13.1. The van der Waals surface area contributed by atoms with Crippen LogP contribution in [-0.2, 0) is 12.8 Å². The zero-order valence-corrected chi connectivity index (χ0v) is 11.2. The summed E-state index contributed by atoms with van der Waals surface area (Å²) in [5.74, 6) is 1.82. The maximum atomic E-state index is 6.21. The molecule has 2 heterocycles. The molecule has 0 fully saturated rings. The molecule has 0 saturated carbocycles. The molecule has 0 spiro atoms. The zero-order valence-electron chi connectivity index (χ0n) is 11.2. The van der Waals surface area contributed by atoms with Crippen LogP contribution in [0, 0.1) is 13.8 Å². The Morgan fingerprint density at radius 3 is 2.61 bits per heavy atom. The van der Waals surface area contributed by atoms with Crippen LogP contribution in [-0.4, -0.2) is 4.98 Å². The molecule has 2 aromatic heterocycles.